The Morgan fingerprint density at radius 1 is 1.47 bits per heavy atom. The lowest BCUT2D eigenvalue weighted by Gasteiger charge is -2.39. The van der Waals surface area contributed by atoms with E-state index in [0.717, 1.165) is 12.2 Å². The third kappa shape index (κ3) is 3.86. The summed E-state index contributed by atoms with van der Waals surface area (Å²) in [5.41, 5.74) is 5.08. The van der Waals surface area contributed by atoms with Crippen LogP contribution in [0.15, 0.2) is 0 Å². The van der Waals surface area contributed by atoms with Crippen molar-refractivity contribution < 1.29 is 13.2 Å². The summed E-state index contributed by atoms with van der Waals surface area (Å²) in [6.07, 6.45) is 1.36. The van der Waals surface area contributed by atoms with E-state index in [0.29, 0.717) is 18.7 Å². The highest BCUT2D eigenvalue weighted by Gasteiger charge is 2.41. The number of hydrogen-bond donors (Lipinski definition) is 1. The van der Waals surface area contributed by atoms with Crippen LogP contribution in [0.3, 0.4) is 0 Å². The zero-order valence-corrected chi connectivity index (χ0v) is 13.5. The molecule has 2 atom stereocenters. The molecule has 0 aromatic heterocycles. The Morgan fingerprint density at radius 2 is 2.11 bits per heavy atom. The number of sulfone groups is 1. The Bertz CT molecular complexity index is 421. The summed E-state index contributed by atoms with van der Waals surface area (Å²) in [6.45, 7) is 5.73. The van der Waals surface area contributed by atoms with Crippen molar-refractivity contribution in [3.8, 4) is 0 Å². The third-order valence-corrected chi connectivity index (χ3v) is 6.71. The van der Waals surface area contributed by atoms with Crippen molar-refractivity contribution in [1.82, 2.24) is 4.90 Å². The number of thioether (sulfide) groups is 1. The smallest absolute Gasteiger partial charge is 0.243 e. The Kier molecular flexibility index (Phi) is 5.70. The van der Waals surface area contributed by atoms with Crippen molar-refractivity contribution in [2.45, 2.75) is 44.5 Å². The predicted octanol–water partition coefficient (Wildman–Crippen LogP) is 0.840. The van der Waals surface area contributed by atoms with E-state index in [1.54, 1.807) is 25.6 Å². The fourth-order valence-electron chi connectivity index (χ4n) is 2.26. The first-order chi connectivity index (χ1) is 8.76. The predicted molar refractivity (Wildman–Crippen MR) is 79.8 cm³/mol. The summed E-state index contributed by atoms with van der Waals surface area (Å²) in [6, 6.07) is 0. The SMILES string of the molecule is CCCC(C)(N)C(=O)N1CCSCC1S(=O)(=O)CC. The molecule has 1 fully saturated rings. The van der Waals surface area contributed by atoms with Crippen molar-refractivity contribution in [2.24, 2.45) is 5.73 Å². The van der Waals surface area contributed by atoms with Gasteiger partial charge in [-0.2, -0.15) is 11.8 Å². The molecule has 19 heavy (non-hydrogen) atoms. The monoisotopic (exact) mass is 308 g/mol. The van der Waals surface area contributed by atoms with Gasteiger partial charge in [-0.25, -0.2) is 8.42 Å². The van der Waals surface area contributed by atoms with Crippen molar-refractivity contribution in [2.75, 3.05) is 23.8 Å². The second-order valence-corrected chi connectivity index (χ2v) is 8.74. The van der Waals surface area contributed by atoms with E-state index in [2.05, 4.69) is 0 Å². The van der Waals surface area contributed by atoms with Crippen LogP contribution >= 0.6 is 11.8 Å². The second kappa shape index (κ2) is 6.45. The first kappa shape index (κ1) is 16.8. The van der Waals surface area contributed by atoms with Gasteiger partial charge in [0.1, 0.15) is 5.37 Å². The van der Waals surface area contributed by atoms with E-state index in [1.165, 1.54) is 4.90 Å². The zero-order chi connectivity index (χ0) is 14.7. The molecule has 7 heteroatoms. The molecule has 1 saturated heterocycles. The van der Waals surface area contributed by atoms with Gasteiger partial charge >= 0.3 is 0 Å². The molecule has 2 N–H and O–H groups in total. The van der Waals surface area contributed by atoms with Gasteiger partial charge in [0.2, 0.25) is 5.91 Å². The van der Waals surface area contributed by atoms with E-state index in [9.17, 15) is 13.2 Å². The first-order valence-corrected chi connectivity index (χ1v) is 9.52. The van der Waals surface area contributed by atoms with Gasteiger partial charge in [-0.15, -0.1) is 0 Å². The van der Waals surface area contributed by atoms with Crippen LogP contribution in [-0.4, -0.2) is 53.9 Å². The average molecular weight is 308 g/mol. The van der Waals surface area contributed by atoms with Gasteiger partial charge in [0.15, 0.2) is 9.84 Å². The van der Waals surface area contributed by atoms with Crippen LogP contribution in [-0.2, 0) is 14.6 Å². The van der Waals surface area contributed by atoms with Crippen molar-refractivity contribution in [3.63, 3.8) is 0 Å². The highest BCUT2D eigenvalue weighted by Crippen LogP contribution is 2.25. The van der Waals surface area contributed by atoms with Gasteiger partial charge in [0, 0.05) is 23.8 Å². The van der Waals surface area contributed by atoms with E-state index in [4.69, 9.17) is 5.73 Å². The van der Waals surface area contributed by atoms with Gasteiger partial charge in [-0.3, -0.25) is 4.79 Å². The molecule has 1 heterocycles. The lowest BCUT2D eigenvalue weighted by molar-refractivity contribution is -0.137. The van der Waals surface area contributed by atoms with Crippen molar-refractivity contribution >= 4 is 27.5 Å². The molecule has 0 aromatic rings. The van der Waals surface area contributed by atoms with Crippen molar-refractivity contribution in [1.29, 1.82) is 0 Å². The second-order valence-electron chi connectivity index (χ2n) is 5.15. The Hall–Kier alpha value is -0.270. The van der Waals surface area contributed by atoms with Crippen LogP contribution in [0.2, 0.25) is 0 Å². The standard InChI is InChI=1S/C12H24N2O3S2/c1-4-6-12(3,13)11(15)14-7-8-18-9-10(14)19(16,17)5-2/h10H,4-9,13H2,1-3H3. The summed E-state index contributed by atoms with van der Waals surface area (Å²) >= 11 is 1.58. The fourth-order valence-corrected chi connectivity index (χ4v) is 5.22. The van der Waals surface area contributed by atoms with Crippen LogP contribution in [0.4, 0.5) is 0 Å². The van der Waals surface area contributed by atoms with E-state index >= 15 is 0 Å². The molecule has 0 bridgehead atoms. The van der Waals surface area contributed by atoms with Gasteiger partial charge in [-0.1, -0.05) is 20.3 Å². The van der Waals surface area contributed by atoms with Crippen LogP contribution in [0.5, 0.6) is 0 Å². The summed E-state index contributed by atoms with van der Waals surface area (Å²) in [5, 5.41) is -0.719. The minimum absolute atomic E-state index is 0.0526. The molecule has 1 rings (SSSR count). The van der Waals surface area contributed by atoms with Gasteiger partial charge < -0.3 is 10.6 Å². The van der Waals surface area contributed by atoms with E-state index in [-0.39, 0.29) is 11.7 Å². The maximum Gasteiger partial charge on any atom is 0.243 e. The molecule has 0 saturated carbocycles. The quantitative estimate of drug-likeness (QED) is 0.814. The fraction of sp³-hybridized carbons (Fsp3) is 0.917. The summed E-state index contributed by atoms with van der Waals surface area (Å²) in [4.78, 5) is 14.0. The summed E-state index contributed by atoms with van der Waals surface area (Å²) in [7, 11) is -3.26. The van der Waals surface area contributed by atoms with Gasteiger partial charge in [0.05, 0.1) is 5.54 Å². The van der Waals surface area contributed by atoms with Crippen LogP contribution in [0.1, 0.15) is 33.6 Å². The molecule has 0 radical (unpaired) electrons. The summed E-state index contributed by atoms with van der Waals surface area (Å²) < 4.78 is 24.2. The van der Waals surface area contributed by atoms with Gasteiger partial charge in [0.25, 0.3) is 0 Å². The maximum absolute atomic E-state index is 12.5. The topological polar surface area (TPSA) is 80.5 Å². The molecule has 1 aliphatic heterocycles. The molecular formula is C12H24N2O3S2. The normalized spacial score (nSPS) is 24.0. The van der Waals surface area contributed by atoms with Crippen LogP contribution in [0, 0.1) is 0 Å². The van der Waals surface area contributed by atoms with Crippen LogP contribution < -0.4 is 5.73 Å². The number of carbonyl (C=O) groups excluding carboxylic acids is 1. The van der Waals surface area contributed by atoms with Crippen LogP contribution in [0.25, 0.3) is 0 Å². The largest absolute Gasteiger partial charge is 0.322 e. The molecule has 1 aliphatic rings. The number of hydrogen-bond acceptors (Lipinski definition) is 5. The molecule has 5 nitrogen and oxygen atoms in total. The Balaban J connectivity index is 2.98. The summed E-state index contributed by atoms with van der Waals surface area (Å²) in [5.74, 6) is 1.03. The molecule has 2 unspecified atom stereocenters. The van der Waals surface area contributed by atoms with Gasteiger partial charge in [-0.05, 0) is 13.3 Å². The lowest BCUT2D eigenvalue weighted by atomic mass is 9.95. The Labute approximate surface area is 120 Å². The Morgan fingerprint density at radius 3 is 2.63 bits per heavy atom. The highest BCUT2D eigenvalue weighted by molar-refractivity contribution is 8.01. The molecule has 112 valence electrons. The molecule has 0 spiro atoms. The van der Waals surface area contributed by atoms with Crippen molar-refractivity contribution in [3.05, 3.63) is 0 Å². The van der Waals surface area contributed by atoms with E-state index in [1.807, 2.05) is 6.92 Å². The molecule has 1 amide bonds. The molecule has 0 aliphatic carbocycles. The minimum Gasteiger partial charge on any atom is -0.322 e. The maximum atomic E-state index is 12.5. The van der Waals surface area contributed by atoms with E-state index < -0.39 is 20.8 Å². The number of amides is 1. The number of carbonyl (C=O) groups is 1. The number of nitrogens with two attached hydrogens (primary N) is 1. The minimum atomic E-state index is -3.26. The number of rotatable bonds is 5. The lowest BCUT2D eigenvalue weighted by Crippen LogP contribution is -2.60. The average Bonchev–Trinajstić information content (AvgIpc) is 2.37. The molecular weight excluding hydrogens is 284 g/mol. The number of nitrogens with zero attached hydrogens (tertiary/aromatic N) is 1. The first-order valence-electron chi connectivity index (χ1n) is 6.65. The zero-order valence-electron chi connectivity index (χ0n) is 11.9. The molecule has 0 aromatic carbocycles. The highest BCUT2D eigenvalue weighted by atomic mass is 32.2. The third-order valence-electron chi connectivity index (χ3n) is 3.42.